The molecule has 5 nitrogen and oxygen atoms in total. The van der Waals surface area contributed by atoms with Crippen LogP contribution in [0.3, 0.4) is 0 Å². The van der Waals surface area contributed by atoms with E-state index in [-0.39, 0.29) is 24.2 Å². The van der Waals surface area contributed by atoms with Crippen LogP contribution in [0.4, 0.5) is 0 Å². The Balaban J connectivity index is 0.00000264. The van der Waals surface area contributed by atoms with Crippen molar-refractivity contribution in [1.82, 2.24) is 20.4 Å². The van der Waals surface area contributed by atoms with Gasteiger partial charge in [-0.2, -0.15) is 0 Å². The molecule has 0 aromatic rings. The standard InChI is InChI=1S/C17H34N4O.ClH/c1-13(2)16(21-9-7-20(4)8-10-21)12-19-17(22)15-5-6-18-14(3)11-15;/h13-16,18H,5-12H2,1-4H3,(H,19,22);1H/t14-,15-,16?;/m0./s1. The smallest absolute Gasteiger partial charge is 0.223 e. The third-order valence-electron chi connectivity index (χ3n) is 5.26. The summed E-state index contributed by atoms with van der Waals surface area (Å²) < 4.78 is 0. The lowest BCUT2D eigenvalue weighted by molar-refractivity contribution is -0.126. The van der Waals surface area contributed by atoms with Gasteiger partial charge in [-0.25, -0.2) is 0 Å². The zero-order valence-electron chi connectivity index (χ0n) is 15.2. The number of rotatable bonds is 5. The van der Waals surface area contributed by atoms with E-state index >= 15 is 0 Å². The second-order valence-electron chi connectivity index (χ2n) is 7.47. The number of piperidine rings is 1. The Morgan fingerprint density at radius 2 is 1.91 bits per heavy atom. The van der Waals surface area contributed by atoms with Gasteiger partial charge < -0.3 is 15.5 Å². The topological polar surface area (TPSA) is 47.6 Å². The van der Waals surface area contributed by atoms with E-state index in [0.717, 1.165) is 52.1 Å². The fourth-order valence-electron chi connectivity index (χ4n) is 3.66. The maximum absolute atomic E-state index is 12.4. The Morgan fingerprint density at radius 1 is 1.26 bits per heavy atom. The van der Waals surface area contributed by atoms with Crippen LogP contribution in [-0.2, 0) is 4.79 Å². The number of nitrogens with one attached hydrogen (secondary N) is 2. The van der Waals surface area contributed by atoms with Crippen LogP contribution in [0.2, 0.25) is 0 Å². The van der Waals surface area contributed by atoms with Crippen molar-refractivity contribution in [2.45, 2.75) is 45.7 Å². The first-order valence-corrected chi connectivity index (χ1v) is 8.91. The maximum Gasteiger partial charge on any atom is 0.223 e. The molecule has 2 rings (SSSR count). The van der Waals surface area contributed by atoms with Crippen molar-refractivity contribution in [3.8, 4) is 0 Å². The Kier molecular flexibility index (Phi) is 8.83. The molecule has 0 aromatic carbocycles. The first kappa shape index (κ1) is 20.7. The molecule has 2 fully saturated rings. The Bertz CT molecular complexity index is 359. The van der Waals surface area contributed by atoms with Crippen LogP contribution in [0.15, 0.2) is 0 Å². The number of nitrogens with zero attached hydrogens (tertiary/aromatic N) is 2. The second-order valence-corrected chi connectivity index (χ2v) is 7.47. The number of carbonyl (C=O) groups is 1. The predicted molar refractivity (Wildman–Crippen MR) is 98.1 cm³/mol. The van der Waals surface area contributed by atoms with Crippen LogP contribution in [0.25, 0.3) is 0 Å². The number of halogens is 1. The number of hydrogen-bond acceptors (Lipinski definition) is 4. The van der Waals surface area contributed by atoms with Crippen LogP contribution < -0.4 is 10.6 Å². The lowest BCUT2D eigenvalue weighted by Crippen LogP contribution is -2.54. The molecule has 0 spiro atoms. The highest BCUT2D eigenvalue weighted by Gasteiger charge is 2.28. The summed E-state index contributed by atoms with van der Waals surface area (Å²) in [7, 11) is 2.18. The average molecular weight is 347 g/mol. The molecule has 0 aliphatic carbocycles. The zero-order chi connectivity index (χ0) is 16.1. The van der Waals surface area contributed by atoms with E-state index in [1.165, 1.54) is 0 Å². The van der Waals surface area contributed by atoms with Gasteiger partial charge in [0.1, 0.15) is 0 Å². The lowest BCUT2D eigenvalue weighted by Gasteiger charge is -2.40. The summed E-state index contributed by atoms with van der Waals surface area (Å²) in [6.45, 7) is 12.9. The van der Waals surface area contributed by atoms with Crippen LogP contribution in [0, 0.1) is 11.8 Å². The minimum Gasteiger partial charge on any atom is -0.354 e. The first-order chi connectivity index (χ1) is 10.5. The van der Waals surface area contributed by atoms with Crippen molar-refractivity contribution in [3.05, 3.63) is 0 Å². The van der Waals surface area contributed by atoms with Gasteiger partial charge in [0.2, 0.25) is 5.91 Å². The van der Waals surface area contributed by atoms with E-state index in [1.54, 1.807) is 0 Å². The number of carbonyl (C=O) groups excluding carboxylic acids is 1. The van der Waals surface area contributed by atoms with E-state index in [2.05, 4.69) is 48.3 Å². The third-order valence-corrected chi connectivity index (χ3v) is 5.26. The van der Waals surface area contributed by atoms with Crippen molar-refractivity contribution < 1.29 is 4.79 Å². The summed E-state index contributed by atoms with van der Waals surface area (Å²) in [5.41, 5.74) is 0. The number of amides is 1. The molecule has 136 valence electrons. The van der Waals surface area contributed by atoms with E-state index in [1.807, 2.05) is 0 Å². The van der Waals surface area contributed by atoms with Crippen LogP contribution in [0.1, 0.15) is 33.6 Å². The summed E-state index contributed by atoms with van der Waals surface area (Å²) in [4.78, 5) is 17.4. The summed E-state index contributed by atoms with van der Waals surface area (Å²) >= 11 is 0. The molecule has 0 saturated carbocycles. The second kappa shape index (κ2) is 9.82. The molecule has 2 heterocycles. The molecule has 2 N–H and O–H groups in total. The molecule has 0 radical (unpaired) electrons. The summed E-state index contributed by atoms with van der Waals surface area (Å²) in [6.07, 6.45) is 1.93. The van der Waals surface area contributed by atoms with E-state index < -0.39 is 0 Å². The zero-order valence-corrected chi connectivity index (χ0v) is 16.0. The molecule has 1 amide bonds. The monoisotopic (exact) mass is 346 g/mol. The summed E-state index contributed by atoms with van der Waals surface area (Å²) in [6, 6.07) is 0.916. The number of likely N-dealkylation sites (N-methyl/N-ethyl adjacent to an activating group) is 1. The Morgan fingerprint density at radius 3 is 2.48 bits per heavy atom. The molecule has 6 heteroatoms. The SMILES string of the molecule is CC(C)C(CNC(=O)[C@H]1CCN[C@@H](C)C1)N1CCN(C)CC1.Cl. The van der Waals surface area contributed by atoms with E-state index in [0.29, 0.717) is 18.0 Å². The van der Waals surface area contributed by atoms with Gasteiger partial charge in [0, 0.05) is 50.7 Å². The van der Waals surface area contributed by atoms with Crippen molar-refractivity contribution in [3.63, 3.8) is 0 Å². The first-order valence-electron chi connectivity index (χ1n) is 8.91. The molecule has 2 aliphatic heterocycles. The van der Waals surface area contributed by atoms with Gasteiger partial charge in [0.15, 0.2) is 0 Å². The van der Waals surface area contributed by atoms with E-state index in [4.69, 9.17) is 0 Å². The normalized spacial score (nSPS) is 28.2. The van der Waals surface area contributed by atoms with Crippen molar-refractivity contribution in [1.29, 1.82) is 0 Å². The molecule has 2 aliphatic rings. The van der Waals surface area contributed by atoms with Crippen molar-refractivity contribution >= 4 is 18.3 Å². The molecule has 2 saturated heterocycles. The van der Waals surface area contributed by atoms with Gasteiger partial charge in [-0.1, -0.05) is 13.8 Å². The molecular formula is C17H35ClN4O. The van der Waals surface area contributed by atoms with Crippen LogP contribution >= 0.6 is 12.4 Å². The Hall–Kier alpha value is -0.360. The highest BCUT2D eigenvalue weighted by molar-refractivity contribution is 5.85. The largest absolute Gasteiger partial charge is 0.354 e. The van der Waals surface area contributed by atoms with Crippen LogP contribution in [0.5, 0.6) is 0 Å². The van der Waals surface area contributed by atoms with Crippen LogP contribution in [-0.4, -0.2) is 74.1 Å². The van der Waals surface area contributed by atoms with Crippen molar-refractivity contribution in [2.75, 3.05) is 46.3 Å². The average Bonchev–Trinajstić information content (AvgIpc) is 2.48. The molecule has 0 bridgehead atoms. The fraction of sp³-hybridized carbons (Fsp3) is 0.941. The Labute approximate surface area is 148 Å². The molecule has 1 unspecified atom stereocenters. The van der Waals surface area contributed by atoms with Gasteiger partial charge in [-0.15, -0.1) is 12.4 Å². The highest BCUT2D eigenvalue weighted by Crippen LogP contribution is 2.17. The predicted octanol–water partition coefficient (Wildman–Crippen LogP) is 1.18. The van der Waals surface area contributed by atoms with Gasteiger partial charge in [0.05, 0.1) is 0 Å². The minimum atomic E-state index is 0. The minimum absolute atomic E-state index is 0. The maximum atomic E-state index is 12.4. The molecule has 23 heavy (non-hydrogen) atoms. The van der Waals surface area contributed by atoms with Gasteiger partial charge in [-0.3, -0.25) is 9.69 Å². The van der Waals surface area contributed by atoms with E-state index in [9.17, 15) is 4.79 Å². The van der Waals surface area contributed by atoms with Gasteiger partial charge in [-0.05, 0) is 39.3 Å². The summed E-state index contributed by atoms with van der Waals surface area (Å²) in [5.74, 6) is 1.01. The van der Waals surface area contributed by atoms with Gasteiger partial charge >= 0.3 is 0 Å². The fourth-order valence-corrected chi connectivity index (χ4v) is 3.66. The lowest BCUT2D eigenvalue weighted by atomic mass is 9.92. The summed E-state index contributed by atoms with van der Waals surface area (Å²) in [5, 5.41) is 6.65. The highest BCUT2D eigenvalue weighted by atomic mass is 35.5. The molecule has 3 atom stereocenters. The quantitative estimate of drug-likeness (QED) is 0.785. The molecule has 0 aromatic heterocycles. The number of hydrogen-bond donors (Lipinski definition) is 2. The van der Waals surface area contributed by atoms with Gasteiger partial charge in [0.25, 0.3) is 0 Å². The number of piperazine rings is 1. The third kappa shape index (κ3) is 6.22. The molecular weight excluding hydrogens is 312 g/mol. The van der Waals surface area contributed by atoms with Crippen molar-refractivity contribution in [2.24, 2.45) is 11.8 Å².